The molecule has 1 N–H and O–H groups in total. The zero-order chi connectivity index (χ0) is 11.5. The quantitative estimate of drug-likeness (QED) is 0.840. The summed E-state index contributed by atoms with van der Waals surface area (Å²) in [6.07, 6.45) is 5.62. The van der Waals surface area contributed by atoms with E-state index in [1.165, 1.54) is 36.9 Å². The molecular formula is C14H20BrN. The van der Waals surface area contributed by atoms with Gasteiger partial charge in [0.25, 0.3) is 0 Å². The molecule has 1 aliphatic carbocycles. The van der Waals surface area contributed by atoms with Crippen LogP contribution < -0.4 is 5.32 Å². The van der Waals surface area contributed by atoms with Crippen molar-refractivity contribution in [3.05, 3.63) is 28.2 Å². The number of hydrogen-bond acceptors (Lipinski definition) is 1. The fourth-order valence-electron chi connectivity index (χ4n) is 2.39. The first-order valence-corrected chi connectivity index (χ1v) is 6.96. The van der Waals surface area contributed by atoms with Gasteiger partial charge in [0.15, 0.2) is 0 Å². The average molecular weight is 282 g/mol. The lowest BCUT2D eigenvalue weighted by atomic mass is 9.81. The summed E-state index contributed by atoms with van der Waals surface area (Å²) in [5.41, 5.74) is 2.53. The molecule has 1 aliphatic rings. The third-order valence-electron chi connectivity index (χ3n) is 3.37. The topological polar surface area (TPSA) is 12.0 Å². The minimum absolute atomic E-state index is 0.582. The molecule has 88 valence electrons. The fraction of sp³-hybridized carbons (Fsp3) is 0.571. The van der Waals surface area contributed by atoms with E-state index in [4.69, 9.17) is 0 Å². The standard InChI is InChI=1S/C14H20BrN/c1-10-6-13(15)9-14(7-10)16-11(2)8-12-4-3-5-12/h6-7,9,11-12,16H,3-5,8H2,1-2H3. The molecule has 16 heavy (non-hydrogen) atoms. The lowest BCUT2D eigenvalue weighted by Gasteiger charge is -2.29. The Hall–Kier alpha value is -0.500. The van der Waals surface area contributed by atoms with E-state index in [2.05, 4.69) is 53.3 Å². The van der Waals surface area contributed by atoms with Gasteiger partial charge >= 0.3 is 0 Å². The van der Waals surface area contributed by atoms with Gasteiger partial charge in [-0.05, 0) is 49.9 Å². The smallest absolute Gasteiger partial charge is 0.0356 e. The molecule has 0 aromatic heterocycles. The minimum atomic E-state index is 0.582. The van der Waals surface area contributed by atoms with E-state index in [1.54, 1.807) is 0 Å². The van der Waals surface area contributed by atoms with Gasteiger partial charge in [0.05, 0.1) is 0 Å². The highest BCUT2D eigenvalue weighted by Gasteiger charge is 2.19. The summed E-state index contributed by atoms with van der Waals surface area (Å²) in [5, 5.41) is 3.59. The largest absolute Gasteiger partial charge is 0.383 e. The number of nitrogens with one attached hydrogen (secondary N) is 1. The molecule has 0 bridgehead atoms. The monoisotopic (exact) mass is 281 g/mol. The molecule has 0 amide bonds. The molecule has 0 aliphatic heterocycles. The summed E-state index contributed by atoms with van der Waals surface area (Å²) in [4.78, 5) is 0. The van der Waals surface area contributed by atoms with Gasteiger partial charge in [0.2, 0.25) is 0 Å². The second kappa shape index (κ2) is 5.22. The summed E-state index contributed by atoms with van der Waals surface area (Å²) in [6.45, 7) is 4.42. The Morgan fingerprint density at radius 3 is 2.69 bits per heavy atom. The highest BCUT2D eigenvalue weighted by Crippen LogP contribution is 2.31. The Labute approximate surface area is 107 Å². The van der Waals surface area contributed by atoms with Crippen molar-refractivity contribution in [2.75, 3.05) is 5.32 Å². The molecule has 1 atom stereocenters. The molecule has 0 saturated heterocycles. The number of benzene rings is 1. The van der Waals surface area contributed by atoms with E-state index in [0.29, 0.717) is 6.04 Å². The summed E-state index contributed by atoms with van der Waals surface area (Å²) in [5.74, 6) is 0.968. The second-order valence-electron chi connectivity index (χ2n) is 5.10. The third kappa shape index (κ3) is 3.24. The lowest BCUT2D eigenvalue weighted by molar-refractivity contribution is 0.286. The third-order valence-corrected chi connectivity index (χ3v) is 3.82. The van der Waals surface area contributed by atoms with Crippen molar-refractivity contribution in [3.63, 3.8) is 0 Å². The Morgan fingerprint density at radius 1 is 1.38 bits per heavy atom. The molecule has 2 rings (SSSR count). The summed E-state index contributed by atoms with van der Waals surface area (Å²) >= 11 is 3.54. The van der Waals surface area contributed by atoms with Crippen LogP contribution in [0.3, 0.4) is 0 Å². The molecular weight excluding hydrogens is 262 g/mol. The maximum atomic E-state index is 3.59. The van der Waals surface area contributed by atoms with Crippen LogP contribution in [-0.4, -0.2) is 6.04 Å². The molecule has 0 radical (unpaired) electrons. The minimum Gasteiger partial charge on any atom is -0.383 e. The van der Waals surface area contributed by atoms with Crippen molar-refractivity contribution < 1.29 is 0 Å². The zero-order valence-electron chi connectivity index (χ0n) is 10.1. The van der Waals surface area contributed by atoms with Crippen LogP contribution in [0.1, 0.15) is 38.2 Å². The van der Waals surface area contributed by atoms with Crippen molar-refractivity contribution in [2.24, 2.45) is 5.92 Å². The van der Waals surface area contributed by atoms with Gasteiger partial charge in [-0.3, -0.25) is 0 Å². The summed E-state index contributed by atoms with van der Waals surface area (Å²) < 4.78 is 1.16. The van der Waals surface area contributed by atoms with Crippen LogP contribution in [0.5, 0.6) is 0 Å². The SMILES string of the molecule is Cc1cc(Br)cc(NC(C)CC2CCC2)c1. The van der Waals surface area contributed by atoms with Gasteiger partial charge in [-0.25, -0.2) is 0 Å². The number of aryl methyl sites for hydroxylation is 1. The van der Waals surface area contributed by atoms with Crippen molar-refractivity contribution in [1.82, 2.24) is 0 Å². The van der Waals surface area contributed by atoms with Gasteiger partial charge in [-0.1, -0.05) is 35.2 Å². The predicted octanol–water partition coefficient (Wildman–Crippen LogP) is 4.75. The highest BCUT2D eigenvalue weighted by atomic mass is 79.9. The molecule has 1 nitrogen and oxygen atoms in total. The molecule has 1 saturated carbocycles. The maximum Gasteiger partial charge on any atom is 0.0356 e. The molecule has 1 aromatic carbocycles. The molecule has 1 unspecified atom stereocenters. The van der Waals surface area contributed by atoms with Crippen LogP contribution >= 0.6 is 15.9 Å². The first-order valence-electron chi connectivity index (χ1n) is 6.17. The van der Waals surface area contributed by atoms with Crippen LogP contribution in [0.15, 0.2) is 22.7 Å². The van der Waals surface area contributed by atoms with Crippen LogP contribution in [0.25, 0.3) is 0 Å². The molecule has 1 fully saturated rings. The van der Waals surface area contributed by atoms with Crippen molar-refractivity contribution in [2.45, 2.75) is 45.6 Å². The van der Waals surface area contributed by atoms with Crippen LogP contribution in [0.4, 0.5) is 5.69 Å². The lowest BCUT2D eigenvalue weighted by Crippen LogP contribution is -2.23. The molecule has 2 heteroatoms. The van der Waals surface area contributed by atoms with E-state index >= 15 is 0 Å². The van der Waals surface area contributed by atoms with Gasteiger partial charge in [0, 0.05) is 16.2 Å². The van der Waals surface area contributed by atoms with Crippen molar-refractivity contribution in [1.29, 1.82) is 0 Å². The number of rotatable bonds is 4. The predicted molar refractivity (Wildman–Crippen MR) is 73.9 cm³/mol. The van der Waals surface area contributed by atoms with E-state index in [1.807, 2.05) is 0 Å². The number of hydrogen-bond donors (Lipinski definition) is 1. The number of halogens is 1. The van der Waals surface area contributed by atoms with Crippen LogP contribution in [-0.2, 0) is 0 Å². The molecule has 0 heterocycles. The first kappa shape index (κ1) is 12.0. The average Bonchev–Trinajstić information content (AvgIpc) is 2.09. The number of anilines is 1. The maximum absolute atomic E-state index is 3.59. The Balaban J connectivity index is 1.91. The zero-order valence-corrected chi connectivity index (χ0v) is 11.7. The van der Waals surface area contributed by atoms with E-state index < -0.39 is 0 Å². The Morgan fingerprint density at radius 2 is 2.12 bits per heavy atom. The first-order chi connectivity index (χ1) is 7.63. The Kier molecular flexibility index (Phi) is 3.91. The van der Waals surface area contributed by atoms with Crippen LogP contribution in [0, 0.1) is 12.8 Å². The van der Waals surface area contributed by atoms with Gasteiger partial charge in [-0.2, -0.15) is 0 Å². The molecule has 1 aromatic rings. The van der Waals surface area contributed by atoms with Gasteiger partial charge in [-0.15, -0.1) is 0 Å². The molecule has 0 spiro atoms. The summed E-state index contributed by atoms with van der Waals surface area (Å²) in [7, 11) is 0. The second-order valence-corrected chi connectivity index (χ2v) is 6.01. The van der Waals surface area contributed by atoms with Crippen molar-refractivity contribution in [3.8, 4) is 0 Å². The fourth-order valence-corrected chi connectivity index (χ4v) is 3.00. The summed E-state index contributed by atoms with van der Waals surface area (Å²) in [6, 6.07) is 7.09. The van der Waals surface area contributed by atoms with Gasteiger partial charge < -0.3 is 5.32 Å². The van der Waals surface area contributed by atoms with E-state index in [9.17, 15) is 0 Å². The highest BCUT2D eigenvalue weighted by molar-refractivity contribution is 9.10. The van der Waals surface area contributed by atoms with E-state index in [0.717, 1.165) is 10.4 Å². The van der Waals surface area contributed by atoms with Crippen molar-refractivity contribution >= 4 is 21.6 Å². The normalized spacial score (nSPS) is 17.9. The Bertz CT molecular complexity index is 338. The van der Waals surface area contributed by atoms with Crippen LogP contribution in [0.2, 0.25) is 0 Å². The van der Waals surface area contributed by atoms with E-state index in [-0.39, 0.29) is 0 Å². The van der Waals surface area contributed by atoms with Gasteiger partial charge in [0.1, 0.15) is 0 Å².